The normalized spacial score (nSPS) is 25.9. The number of amides is 2. The summed E-state index contributed by atoms with van der Waals surface area (Å²) in [6, 6.07) is -0.750. The molecule has 0 saturated carbocycles. The third kappa shape index (κ3) is 3.04. The maximum absolute atomic E-state index is 11.9. The Labute approximate surface area is 104 Å². The molecule has 2 aliphatic rings. The van der Waals surface area contributed by atoms with Crippen molar-refractivity contribution >= 4 is 23.8 Å². The summed E-state index contributed by atoms with van der Waals surface area (Å²) in [7, 11) is 0. The summed E-state index contributed by atoms with van der Waals surface area (Å²) in [6.45, 7) is 1.81. The van der Waals surface area contributed by atoms with Crippen LogP contribution >= 0.6 is 11.8 Å². The van der Waals surface area contributed by atoms with E-state index >= 15 is 0 Å². The van der Waals surface area contributed by atoms with E-state index in [0.29, 0.717) is 11.6 Å². The first-order chi connectivity index (χ1) is 8.18. The summed E-state index contributed by atoms with van der Waals surface area (Å²) in [5, 5.41) is 15.1. The van der Waals surface area contributed by atoms with Gasteiger partial charge in [0.2, 0.25) is 0 Å². The maximum Gasteiger partial charge on any atom is 0.327 e. The zero-order valence-electron chi connectivity index (χ0n) is 9.52. The summed E-state index contributed by atoms with van der Waals surface area (Å²) in [4.78, 5) is 24.3. The van der Waals surface area contributed by atoms with Crippen LogP contribution in [0.15, 0.2) is 0 Å². The summed E-state index contributed by atoms with van der Waals surface area (Å²) >= 11 is 1.48. The van der Waals surface area contributed by atoms with Crippen LogP contribution in [0.4, 0.5) is 4.79 Å². The third-order valence-corrected chi connectivity index (χ3v) is 4.11. The molecule has 2 aliphatic heterocycles. The first-order valence-electron chi connectivity index (χ1n) is 5.77. The molecular weight excluding hydrogens is 242 g/mol. The van der Waals surface area contributed by atoms with E-state index in [2.05, 4.69) is 10.6 Å². The standard InChI is InChI=1S/C10H17N3O3S/c14-9(15)8-5-17-6-13(8)10(16)12-7-1-3-11-4-2-7/h7-8,11H,1-6H2,(H,12,16)(H,14,15)/t8-/m0/s1. The van der Waals surface area contributed by atoms with Gasteiger partial charge in [0.1, 0.15) is 6.04 Å². The SMILES string of the molecule is O=C(O)[C@@H]1CSCN1C(=O)NC1CCNCC1. The molecule has 0 aliphatic carbocycles. The van der Waals surface area contributed by atoms with Crippen molar-refractivity contribution in [2.24, 2.45) is 0 Å². The fourth-order valence-electron chi connectivity index (χ4n) is 2.07. The van der Waals surface area contributed by atoms with Crippen LogP contribution in [0.5, 0.6) is 0 Å². The lowest BCUT2D eigenvalue weighted by Crippen LogP contribution is -2.51. The first kappa shape index (κ1) is 12.5. The Kier molecular flexibility index (Phi) is 4.11. The molecule has 0 aromatic heterocycles. The van der Waals surface area contributed by atoms with Crippen LogP contribution < -0.4 is 10.6 Å². The number of carbonyl (C=O) groups excluding carboxylic acids is 1. The van der Waals surface area contributed by atoms with Gasteiger partial charge in [-0.25, -0.2) is 9.59 Å². The zero-order valence-corrected chi connectivity index (χ0v) is 10.3. The van der Waals surface area contributed by atoms with Gasteiger partial charge in [-0.3, -0.25) is 0 Å². The number of carboxylic acid groups (broad SMARTS) is 1. The van der Waals surface area contributed by atoms with Crippen LogP contribution in [0, 0.1) is 0 Å². The smallest absolute Gasteiger partial charge is 0.327 e. The second-order valence-corrected chi connectivity index (χ2v) is 5.30. The highest BCUT2D eigenvalue weighted by Gasteiger charge is 2.35. The fourth-order valence-corrected chi connectivity index (χ4v) is 3.22. The van der Waals surface area contributed by atoms with Crippen LogP contribution in [0.1, 0.15) is 12.8 Å². The predicted molar refractivity (Wildman–Crippen MR) is 65.0 cm³/mol. The maximum atomic E-state index is 11.9. The minimum absolute atomic E-state index is 0.170. The largest absolute Gasteiger partial charge is 0.480 e. The Morgan fingerprint density at radius 3 is 2.71 bits per heavy atom. The van der Waals surface area contributed by atoms with Gasteiger partial charge in [-0.15, -0.1) is 11.8 Å². The number of aliphatic carboxylic acids is 1. The number of urea groups is 1. The molecule has 7 heteroatoms. The van der Waals surface area contributed by atoms with Gasteiger partial charge in [0, 0.05) is 11.8 Å². The molecule has 1 atom stereocenters. The minimum atomic E-state index is -0.921. The van der Waals surface area contributed by atoms with Crippen molar-refractivity contribution in [2.75, 3.05) is 24.7 Å². The molecule has 2 amide bonds. The topological polar surface area (TPSA) is 81.7 Å². The van der Waals surface area contributed by atoms with Crippen molar-refractivity contribution in [2.45, 2.75) is 24.9 Å². The van der Waals surface area contributed by atoms with Gasteiger partial charge in [0.15, 0.2) is 0 Å². The number of rotatable bonds is 2. The van der Waals surface area contributed by atoms with E-state index in [4.69, 9.17) is 5.11 Å². The number of nitrogens with one attached hydrogen (secondary N) is 2. The van der Waals surface area contributed by atoms with Crippen molar-refractivity contribution in [1.82, 2.24) is 15.5 Å². The summed E-state index contributed by atoms with van der Waals surface area (Å²) in [5.74, 6) is 0.0263. The average molecular weight is 259 g/mol. The van der Waals surface area contributed by atoms with Crippen molar-refractivity contribution in [1.29, 1.82) is 0 Å². The quantitative estimate of drug-likeness (QED) is 0.645. The highest BCUT2D eigenvalue weighted by molar-refractivity contribution is 7.99. The second kappa shape index (κ2) is 5.59. The fraction of sp³-hybridized carbons (Fsp3) is 0.800. The minimum Gasteiger partial charge on any atom is -0.480 e. The van der Waals surface area contributed by atoms with Gasteiger partial charge < -0.3 is 20.6 Å². The van der Waals surface area contributed by atoms with Crippen LogP contribution in [0.25, 0.3) is 0 Å². The van der Waals surface area contributed by atoms with Crippen molar-refractivity contribution < 1.29 is 14.7 Å². The van der Waals surface area contributed by atoms with Gasteiger partial charge in [0.25, 0.3) is 0 Å². The highest BCUT2D eigenvalue weighted by atomic mass is 32.2. The van der Waals surface area contributed by atoms with E-state index in [1.54, 1.807) is 0 Å². The van der Waals surface area contributed by atoms with Crippen LogP contribution in [0.2, 0.25) is 0 Å². The van der Waals surface area contributed by atoms with Gasteiger partial charge in [-0.1, -0.05) is 0 Å². The number of piperidine rings is 1. The molecule has 2 heterocycles. The Balaban J connectivity index is 1.88. The molecule has 2 fully saturated rings. The Bertz CT molecular complexity index is 307. The molecular formula is C10H17N3O3S. The van der Waals surface area contributed by atoms with Crippen molar-refractivity contribution in [3.8, 4) is 0 Å². The number of nitrogens with zero attached hydrogens (tertiary/aromatic N) is 1. The van der Waals surface area contributed by atoms with Crippen molar-refractivity contribution in [3.05, 3.63) is 0 Å². The molecule has 0 aromatic rings. The zero-order chi connectivity index (χ0) is 12.3. The number of carboxylic acids is 1. The van der Waals surface area contributed by atoms with Crippen LogP contribution in [-0.4, -0.2) is 58.8 Å². The lowest BCUT2D eigenvalue weighted by molar-refractivity contribution is -0.140. The molecule has 3 N–H and O–H groups in total. The van der Waals surface area contributed by atoms with Gasteiger partial charge >= 0.3 is 12.0 Å². The molecule has 17 heavy (non-hydrogen) atoms. The van der Waals surface area contributed by atoms with Crippen molar-refractivity contribution in [3.63, 3.8) is 0 Å². The molecule has 0 unspecified atom stereocenters. The molecule has 96 valence electrons. The molecule has 6 nitrogen and oxygen atoms in total. The lowest BCUT2D eigenvalue weighted by atomic mass is 10.1. The predicted octanol–water partition coefficient (Wildman–Crippen LogP) is -0.0925. The summed E-state index contributed by atoms with van der Waals surface area (Å²) in [5.41, 5.74) is 0. The van der Waals surface area contributed by atoms with E-state index < -0.39 is 12.0 Å². The monoisotopic (exact) mass is 259 g/mol. The summed E-state index contributed by atoms with van der Waals surface area (Å²) in [6.07, 6.45) is 1.81. The lowest BCUT2D eigenvalue weighted by Gasteiger charge is -2.27. The van der Waals surface area contributed by atoms with Crippen LogP contribution in [0.3, 0.4) is 0 Å². The van der Waals surface area contributed by atoms with E-state index in [1.165, 1.54) is 16.7 Å². The highest BCUT2D eigenvalue weighted by Crippen LogP contribution is 2.21. The third-order valence-electron chi connectivity index (χ3n) is 3.09. The molecule has 2 rings (SSSR count). The second-order valence-electron chi connectivity index (χ2n) is 4.30. The number of hydrogen-bond acceptors (Lipinski definition) is 4. The van der Waals surface area contributed by atoms with Crippen LogP contribution in [-0.2, 0) is 4.79 Å². The molecule has 0 aromatic carbocycles. The van der Waals surface area contributed by atoms with E-state index in [-0.39, 0.29) is 12.1 Å². The summed E-state index contributed by atoms with van der Waals surface area (Å²) < 4.78 is 0. The molecule has 2 saturated heterocycles. The number of carbonyl (C=O) groups is 2. The van der Waals surface area contributed by atoms with Gasteiger partial charge in [-0.2, -0.15) is 0 Å². The van der Waals surface area contributed by atoms with E-state index in [9.17, 15) is 9.59 Å². The van der Waals surface area contributed by atoms with Gasteiger partial charge in [-0.05, 0) is 25.9 Å². The van der Waals surface area contributed by atoms with E-state index in [1.807, 2.05) is 0 Å². The average Bonchev–Trinajstić information content (AvgIpc) is 2.79. The number of hydrogen-bond donors (Lipinski definition) is 3. The first-order valence-corrected chi connectivity index (χ1v) is 6.92. The van der Waals surface area contributed by atoms with E-state index in [0.717, 1.165) is 25.9 Å². The molecule has 0 radical (unpaired) electrons. The Morgan fingerprint density at radius 1 is 1.35 bits per heavy atom. The molecule has 0 bridgehead atoms. The number of thioether (sulfide) groups is 1. The Hall–Kier alpha value is -0.950. The van der Waals surface area contributed by atoms with Gasteiger partial charge in [0.05, 0.1) is 5.88 Å². The molecule has 0 spiro atoms. The Morgan fingerprint density at radius 2 is 2.06 bits per heavy atom.